The molecule has 0 saturated carbocycles. The number of carbonyl (C=O) groups is 1. The third-order valence-corrected chi connectivity index (χ3v) is 3.53. The van der Waals surface area contributed by atoms with Crippen molar-refractivity contribution in [3.8, 4) is 11.8 Å². The minimum absolute atomic E-state index is 0.162. The van der Waals surface area contributed by atoms with Crippen LogP contribution in [-0.2, 0) is 4.79 Å². The van der Waals surface area contributed by atoms with Crippen molar-refractivity contribution in [1.29, 1.82) is 5.26 Å². The zero-order valence-electron chi connectivity index (χ0n) is 13.2. The van der Waals surface area contributed by atoms with Gasteiger partial charge in [0.05, 0.1) is 16.6 Å². The zero-order valence-corrected chi connectivity index (χ0v) is 13.2. The van der Waals surface area contributed by atoms with Gasteiger partial charge < -0.3 is 10.1 Å². The van der Waals surface area contributed by atoms with E-state index in [4.69, 9.17) is 10.00 Å². The van der Waals surface area contributed by atoms with Crippen LogP contribution in [0.25, 0.3) is 0 Å². The molecule has 0 unspecified atom stereocenters. The quantitative estimate of drug-likeness (QED) is 0.671. The van der Waals surface area contributed by atoms with Crippen LogP contribution in [0.15, 0.2) is 36.4 Å². The Balaban J connectivity index is 2.08. The average Bonchev–Trinajstić information content (AvgIpc) is 2.57. The van der Waals surface area contributed by atoms with E-state index in [0.29, 0.717) is 16.9 Å². The van der Waals surface area contributed by atoms with Gasteiger partial charge in [-0.25, -0.2) is 0 Å². The number of anilines is 1. The number of nitro groups is 1. The number of benzene rings is 2. The first-order valence-electron chi connectivity index (χ1n) is 7.09. The second kappa shape index (κ2) is 7.24. The van der Waals surface area contributed by atoms with Gasteiger partial charge in [0, 0.05) is 6.07 Å². The highest BCUT2D eigenvalue weighted by Crippen LogP contribution is 2.30. The number of rotatable bonds is 5. The highest BCUT2D eigenvalue weighted by Gasteiger charge is 2.19. The van der Waals surface area contributed by atoms with Gasteiger partial charge in [0.1, 0.15) is 11.4 Å². The molecule has 1 N–H and O–H groups in total. The van der Waals surface area contributed by atoms with Gasteiger partial charge in [-0.05, 0) is 49.2 Å². The van der Waals surface area contributed by atoms with E-state index in [1.165, 1.54) is 6.07 Å². The van der Waals surface area contributed by atoms with Gasteiger partial charge in [-0.1, -0.05) is 6.07 Å². The Labute approximate surface area is 138 Å². The fourth-order valence-electron chi connectivity index (χ4n) is 2.06. The van der Waals surface area contributed by atoms with E-state index in [0.717, 1.165) is 5.56 Å². The van der Waals surface area contributed by atoms with Crippen LogP contribution in [0.1, 0.15) is 16.7 Å². The van der Waals surface area contributed by atoms with Crippen molar-refractivity contribution < 1.29 is 14.5 Å². The fourth-order valence-corrected chi connectivity index (χ4v) is 2.06. The Bertz CT molecular complexity index is 823. The first-order valence-corrected chi connectivity index (χ1v) is 7.09. The number of nitro benzene ring substituents is 1. The summed E-state index contributed by atoms with van der Waals surface area (Å²) in [6.45, 7) is 3.22. The SMILES string of the molecule is Cc1ccc([N+](=O)[O-])c(NC(=O)COc2ccc(C#N)cc2)c1C. The first kappa shape index (κ1) is 17.0. The number of hydrogen-bond acceptors (Lipinski definition) is 5. The summed E-state index contributed by atoms with van der Waals surface area (Å²) in [5.41, 5.74) is 1.97. The molecule has 0 aromatic heterocycles. The van der Waals surface area contributed by atoms with Crippen molar-refractivity contribution in [2.45, 2.75) is 13.8 Å². The van der Waals surface area contributed by atoms with E-state index in [2.05, 4.69) is 5.32 Å². The van der Waals surface area contributed by atoms with Crippen molar-refractivity contribution in [3.63, 3.8) is 0 Å². The number of carbonyl (C=O) groups excluding carboxylic acids is 1. The predicted octanol–water partition coefficient (Wildman–Crippen LogP) is 3.10. The molecule has 122 valence electrons. The number of aryl methyl sites for hydroxylation is 1. The lowest BCUT2D eigenvalue weighted by Gasteiger charge is -2.11. The van der Waals surface area contributed by atoms with Crippen LogP contribution in [-0.4, -0.2) is 17.4 Å². The van der Waals surface area contributed by atoms with Crippen molar-refractivity contribution >= 4 is 17.3 Å². The van der Waals surface area contributed by atoms with E-state index in [1.54, 1.807) is 37.3 Å². The summed E-state index contributed by atoms with van der Waals surface area (Å²) in [5.74, 6) is -0.0734. The number of nitriles is 1. The number of nitrogens with zero attached hydrogens (tertiary/aromatic N) is 2. The van der Waals surface area contributed by atoms with Crippen molar-refractivity contribution in [2.24, 2.45) is 0 Å². The summed E-state index contributed by atoms with van der Waals surface area (Å²) in [7, 11) is 0. The Morgan fingerprint density at radius 2 is 1.92 bits per heavy atom. The number of hydrogen-bond donors (Lipinski definition) is 1. The molecule has 0 bridgehead atoms. The molecule has 0 fully saturated rings. The van der Waals surface area contributed by atoms with Crippen molar-refractivity contribution in [1.82, 2.24) is 0 Å². The summed E-state index contributed by atoms with van der Waals surface area (Å²) in [4.78, 5) is 22.6. The van der Waals surface area contributed by atoms with Gasteiger partial charge in [0.2, 0.25) is 0 Å². The lowest BCUT2D eigenvalue weighted by Crippen LogP contribution is -2.21. The average molecular weight is 325 g/mol. The first-order chi connectivity index (χ1) is 11.4. The largest absolute Gasteiger partial charge is 0.484 e. The van der Waals surface area contributed by atoms with Crippen LogP contribution in [0.4, 0.5) is 11.4 Å². The molecular formula is C17H15N3O4. The molecule has 0 spiro atoms. The maximum atomic E-state index is 12.0. The molecule has 0 aliphatic rings. The zero-order chi connectivity index (χ0) is 17.7. The standard InChI is InChI=1S/C17H15N3O4/c1-11-3-8-15(20(22)23)17(12(11)2)19-16(21)10-24-14-6-4-13(9-18)5-7-14/h3-8H,10H2,1-2H3,(H,19,21). The Morgan fingerprint density at radius 1 is 1.25 bits per heavy atom. The van der Waals surface area contributed by atoms with Crippen LogP contribution in [0, 0.1) is 35.3 Å². The fraction of sp³-hybridized carbons (Fsp3) is 0.176. The van der Waals surface area contributed by atoms with Gasteiger partial charge in [0.25, 0.3) is 11.6 Å². The molecule has 0 atom stereocenters. The maximum absolute atomic E-state index is 12.0. The number of nitrogens with one attached hydrogen (secondary N) is 1. The van der Waals surface area contributed by atoms with Crippen LogP contribution in [0.2, 0.25) is 0 Å². The second-order valence-electron chi connectivity index (χ2n) is 5.13. The van der Waals surface area contributed by atoms with E-state index >= 15 is 0 Å². The Morgan fingerprint density at radius 3 is 2.50 bits per heavy atom. The van der Waals surface area contributed by atoms with Gasteiger partial charge in [-0.15, -0.1) is 0 Å². The summed E-state index contributed by atoms with van der Waals surface area (Å²) in [5, 5.41) is 22.4. The highest BCUT2D eigenvalue weighted by atomic mass is 16.6. The molecule has 0 aliphatic carbocycles. The highest BCUT2D eigenvalue weighted by molar-refractivity contribution is 5.95. The topological polar surface area (TPSA) is 105 Å². The van der Waals surface area contributed by atoms with Crippen molar-refractivity contribution in [2.75, 3.05) is 11.9 Å². The molecule has 0 heterocycles. The predicted molar refractivity (Wildman–Crippen MR) is 87.9 cm³/mol. The summed E-state index contributed by atoms with van der Waals surface area (Å²) >= 11 is 0. The van der Waals surface area contributed by atoms with E-state index in [1.807, 2.05) is 13.0 Å². The van der Waals surface area contributed by atoms with E-state index in [-0.39, 0.29) is 18.0 Å². The molecule has 0 saturated heterocycles. The molecule has 2 rings (SSSR count). The second-order valence-corrected chi connectivity index (χ2v) is 5.13. The van der Waals surface area contributed by atoms with Gasteiger partial charge in [-0.3, -0.25) is 14.9 Å². The maximum Gasteiger partial charge on any atom is 0.293 e. The summed E-state index contributed by atoms with van der Waals surface area (Å²) < 4.78 is 5.32. The van der Waals surface area contributed by atoms with Gasteiger partial charge >= 0.3 is 0 Å². The third kappa shape index (κ3) is 3.87. The number of ether oxygens (including phenoxy) is 1. The van der Waals surface area contributed by atoms with E-state index < -0.39 is 10.8 Å². The molecule has 7 nitrogen and oxygen atoms in total. The minimum atomic E-state index is -0.538. The monoisotopic (exact) mass is 325 g/mol. The lowest BCUT2D eigenvalue weighted by molar-refractivity contribution is -0.384. The molecule has 7 heteroatoms. The van der Waals surface area contributed by atoms with Gasteiger partial charge in [0.15, 0.2) is 6.61 Å². The molecule has 0 aliphatic heterocycles. The van der Waals surface area contributed by atoms with Crippen LogP contribution >= 0.6 is 0 Å². The summed E-state index contributed by atoms with van der Waals surface area (Å²) in [6, 6.07) is 11.3. The molecular weight excluding hydrogens is 310 g/mol. The molecule has 2 aromatic rings. The molecule has 2 aromatic carbocycles. The smallest absolute Gasteiger partial charge is 0.293 e. The normalized spacial score (nSPS) is 9.88. The van der Waals surface area contributed by atoms with E-state index in [9.17, 15) is 14.9 Å². The van der Waals surface area contributed by atoms with Gasteiger partial charge in [-0.2, -0.15) is 5.26 Å². The van der Waals surface area contributed by atoms with Crippen molar-refractivity contribution in [3.05, 3.63) is 63.2 Å². The lowest BCUT2D eigenvalue weighted by atomic mass is 10.1. The van der Waals surface area contributed by atoms with Crippen LogP contribution in [0.3, 0.4) is 0 Å². The molecule has 24 heavy (non-hydrogen) atoms. The Hall–Kier alpha value is -3.40. The Kier molecular flexibility index (Phi) is 5.12. The summed E-state index contributed by atoms with van der Waals surface area (Å²) in [6.07, 6.45) is 0. The number of amides is 1. The van der Waals surface area contributed by atoms with Crippen LogP contribution in [0.5, 0.6) is 5.75 Å². The van der Waals surface area contributed by atoms with Crippen LogP contribution < -0.4 is 10.1 Å². The third-order valence-electron chi connectivity index (χ3n) is 3.53. The molecule has 0 radical (unpaired) electrons. The minimum Gasteiger partial charge on any atom is -0.484 e. The molecule has 1 amide bonds.